The zero-order chi connectivity index (χ0) is 14.2. The highest BCUT2D eigenvalue weighted by molar-refractivity contribution is 5.92. The van der Waals surface area contributed by atoms with Crippen LogP contribution in [0.1, 0.15) is 23.2 Å². The van der Waals surface area contributed by atoms with Crippen molar-refractivity contribution in [2.75, 3.05) is 24.7 Å². The van der Waals surface area contributed by atoms with Gasteiger partial charge in [0.1, 0.15) is 0 Å². The highest BCUT2D eigenvalue weighted by atomic mass is 16.6. The van der Waals surface area contributed by atoms with Gasteiger partial charge in [-0.2, -0.15) is 0 Å². The smallest absolute Gasteiger partial charge is 0.415 e. The van der Waals surface area contributed by atoms with Crippen molar-refractivity contribution >= 4 is 17.7 Å². The van der Waals surface area contributed by atoms with Crippen LogP contribution in [-0.2, 0) is 9.47 Å². The molecule has 2 aliphatic heterocycles. The first-order valence-electron chi connectivity index (χ1n) is 6.51. The summed E-state index contributed by atoms with van der Waals surface area (Å²) in [5.41, 5.74) is 0.278. The predicted molar refractivity (Wildman–Crippen MR) is 70.0 cm³/mol. The first-order valence-corrected chi connectivity index (χ1v) is 6.51. The average molecular weight is 277 g/mol. The van der Waals surface area contributed by atoms with E-state index in [1.807, 2.05) is 0 Å². The molecule has 0 radical (unpaired) electrons. The van der Waals surface area contributed by atoms with Gasteiger partial charge in [0.25, 0.3) is 0 Å². The minimum atomic E-state index is -0.988. The molecular weight excluding hydrogens is 262 g/mol. The third-order valence-corrected chi connectivity index (χ3v) is 3.68. The molecule has 2 saturated heterocycles. The third-order valence-electron chi connectivity index (χ3n) is 3.68. The minimum absolute atomic E-state index is 0.192. The van der Waals surface area contributed by atoms with Crippen LogP contribution in [0.3, 0.4) is 0 Å². The van der Waals surface area contributed by atoms with Crippen LogP contribution in [0.5, 0.6) is 0 Å². The van der Waals surface area contributed by atoms with Gasteiger partial charge in [-0.05, 0) is 37.1 Å². The molecule has 6 heteroatoms. The highest BCUT2D eigenvalue weighted by Gasteiger charge is 2.47. The van der Waals surface area contributed by atoms with Gasteiger partial charge in [-0.1, -0.05) is 0 Å². The van der Waals surface area contributed by atoms with E-state index in [0.717, 1.165) is 12.8 Å². The van der Waals surface area contributed by atoms with Crippen molar-refractivity contribution in [3.05, 3.63) is 29.8 Å². The number of nitrogens with zero attached hydrogens (tertiary/aromatic N) is 1. The van der Waals surface area contributed by atoms with E-state index in [4.69, 9.17) is 14.6 Å². The number of aromatic carboxylic acids is 1. The van der Waals surface area contributed by atoms with E-state index in [0.29, 0.717) is 25.4 Å². The van der Waals surface area contributed by atoms with Gasteiger partial charge in [0, 0.05) is 12.3 Å². The molecule has 20 heavy (non-hydrogen) atoms. The number of carbonyl (C=O) groups excluding carboxylic acids is 1. The standard InChI is InChI=1S/C14H15NO5/c16-12(17)10-2-4-11(5-3-10)15-8-14(20-13(15)18)6-1-7-19-9-14/h2-5H,1,6-9H2,(H,16,17). The average Bonchev–Trinajstić information content (AvgIpc) is 2.76. The van der Waals surface area contributed by atoms with Crippen LogP contribution in [0.15, 0.2) is 24.3 Å². The van der Waals surface area contributed by atoms with Gasteiger partial charge < -0.3 is 14.6 Å². The fourth-order valence-electron chi connectivity index (χ4n) is 2.64. The lowest BCUT2D eigenvalue weighted by molar-refractivity contribution is -0.0643. The maximum absolute atomic E-state index is 12.0. The minimum Gasteiger partial charge on any atom is -0.478 e. The Morgan fingerprint density at radius 3 is 2.65 bits per heavy atom. The highest BCUT2D eigenvalue weighted by Crippen LogP contribution is 2.33. The molecule has 1 atom stereocenters. The molecule has 3 rings (SSSR count). The largest absolute Gasteiger partial charge is 0.478 e. The molecular formula is C14H15NO5. The third kappa shape index (κ3) is 2.22. The number of hydrogen-bond donors (Lipinski definition) is 1. The molecule has 1 aromatic carbocycles. The van der Waals surface area contributed by atoms with Crippen LogP contribution in [-0.4, -0.2) is 42.5 Å². The summed E-state index contributed by atoms with van der Waals surface area (Å²) in [5, 5.41) is 8.87. The molecule has 106 valence electrons. The Kier molecular flexibility index (Phi) is 3.10. The SMILES string of the molecule is O=C(O)c1ccc(N2CC3(CCCOC3)OC2=O)cc1. The zero-order valence-electron chi connectivity index (χ0n) is 10.9. The van der Waals surface area contributed by atoms with Crippen LogP contribution >= 0.6 is 0 Å². The Labute approximate surface area is 115 Å². The first-order chi connectivity index (χ1) is 9.60. The molecule has 0 aliphatic carbocycles. The van der Waals surface area contributed by atoms with Gasteiger partial charge in [-0.3, -0.25) is 4.90 Å². The summed E-state index contributed by atoms with van der Waals surface area (Å²) in [6, 6.07) is 6.20. The summed E-state index contributed by atoms with van der Waals surface area (Å²) in [6.07, 6.45) is 1.26. The Balaban J connectivity index is 1.80. The molecule has 1 unspecified atom stereocenters. The van der Waals surface area contributed by atoms with E-state index in [9.17, 15) is 9.59 Å². The Morgan fingerprint density at radius 2 is 2.05 bits per heavy atom. The molecule has 6 nitrogen and oxygen atoms in total. The quantitative estimate of drug-likeness (QED) is 0.893. The number of benzene rings is 1. The van der Waals surface area contributed by atoms with Crippen molar-refractivity contribution in [1.82, 2.24) is 0 Å². The second-order valence-corrected chi connectivity index (χ2v) is 5.15. The van der Waals surface area contributed by atoms with Crippen LogP contribution in [0.2, 0.25) is 0 Å². The molecule has 1 spiro atoms. The maximum atomic E-state index is 12.0. The number of ether oxygens (including phenoxy) is 2. The van der Waals surface area contributed by atoms with Crippen molar-refractivity contribution in [2.45, 2.75) is 18.4 Å². The normalized spacial score (nSPS) is 25.8. The van der Waals surface area contributed by atoms with Crippen molar-refractivity contribution < 1.29 is 24.2 Å². The summed E-state index contributed by atoms with van der Waals surface area (Å²) in [4.78, 5) is 24.3. The number of carboxylic acid groups (broad SMARTS) is 1. The van der Waals surface area contributed by atoms with Gasteiger partial charge in [-0.15, -0.1) is 0 Å². The second-order valence-electron chi connectivity index (χ2n) is 5.15. The van der Waals surface area contributed by atoms with Crippen LogP contribution in [0.25, 0.3) is 0 Å². The molecule has 0 saturated carbocycles. The van der Waals surface area contributed by atoms with Crippen LogP contribution < -0.4 is 4.90 Å². The number of anilines is 1. The summed E-state index contributed by atoms with van der Waals surface area (Å²) >= 11 is 0. The number of rotatable bonds is 2. The number of carbonyl (C=O) groups is 2. The fourth-order valence-corrected chi connectivity index (χ4v) is 2.64. The van der Waals surface area contributed by atoms with Gasteiger partial charge in [0.2, 0.25) is 0 Å². The van der Waals surface area contributed by atoms with E-state index < -0.39 is 17.7 Å². The van der Waals surface area contributed by atoms with E-state index in [1.165, 1.54) is 17.0 Å². The van der Waals surface area contributed by atoms with Gasteiger partial charge in [-0.25, -0.2) is 9.59 Å². The Morgan fingerprint density at radius 1 is 1.30 bits per heavy atom. The van der Waals surface area contributed by atoms with Crippen molar-refractivity contribution in [2.24, 2.45) is 0 Å². The predicted octanol–water partition coefficient (Wildman–Crippen LogP) is 1.89. The summed E-state index contributed by atoms with van der Waals surface area (Å²) < 4.78 is 10.9. The van der Waals surface area contributed by atoms with Crippen molar-refractivity contribution in [1.29, 1.82) is 0 Å². The maximum Gasteiger partial charge on any atom is 0.415 e. The van der Waals surface area contributed by atoms with E-state index >= 15 is 0 Å². The van der Waals surface area contributed by atoms with Gasteiger partial charge >= 0.3 is 12.1 Å². The summed E-state index contributed by atoms with van der Waals surface area (Å²) in [7, 11) is 0. The molecule has 1 aromatic rings. The number of amides is 1. The van der Waals surface area contributed by atoms with Crippen molar-refractivity contribution in [3.8, 4) is 0 Å². The van der Waals surface area contributed by atoms with Crippen molar-refractivity contribution in [3.63, 3.8) is 0 Å². The van der Waals surface area contributed by atoms with E-state index in [1.54, 1.807) is 12.1 Å². The number of carboxylic acids is 1. The first kappa shape index (κ1) is 12.9. The molecule has 0 aromatic heterocycles. The molecule has 1 amide bonds. The molecule has 2 heterocycles. The Bertz CT molecular complexity index is 533. The van der Waals surface area contributed by atoms with E-state index in [2.05, 4.69) is 0 Å². The molecule has 1 N–H and O–H groups in total. The summed E-state index contributed by atoms with van der Waals surface area (Å²) in [5.74, 6) is -0.988. The van der Waals surface area contributed by atoms with Gasteiger partial charge in [0.15, 0.2) is 5.60 Å². The molecule has 2 aliphatic rings. The van der Waals surface area contributed by atoms with Crippen LogP contribution in [0, 0.1) is 0 Å². The number of hydrogen-bond acceptors (Lipinski definition) is 4. The fraction of sp³-hybridized carbons (Fsp3) is 0.429. The summed E-state index contributed by atoms with van der Waals surface area (Å²) in [6.45, 7) is 1.56. The molecule has 0 bridgehead atoms. The van der Waals surface area contributed by atoms with Crippen LogP contribution in [0.4, 0.5) is 10.5 Å². The lowest BCUT2D eigenvalue weighted by Gasteiger charge is -2.30. The Hall–Kier alpha value is -2.08. The van der Waals surface area contributed by atoms with E-state index in [-0.39, 0.29) is 5.56 Å². The lowest BCUT2D eigenvalue weighted by Crippen LogP contribution is -2.42. The monoisotopic (exact) mass is 277 g/mol. The second kappa shape index (κ2) is 4.79. The topological polar surface area (TPSA) is 76.1 Å². The van der Waals surface area contributed by atoms with Gasteiger partial charge in [0.05, 0.1) is 18.7 Å². The lowest BCUT2D eigenvalue weighted by atomic mass is 9.96. The molecule has 2 fully saturated rings. The zero-order valence-corrected chi connectivity index (χ0v) is 10.9.